The standard InChI is InChI=1S/C24H40IN5O5S2.C6H13N.CH3NO/c1-5-6-10-22(32)30(11-8-7-9-18(26)13-29(27)15-37-25)20(16(2)3)12-21(35-17(4)31)23-28-19(14-36-23)24(33)34;1-7-5-3-2-4-6-7;2-1-3/h13-14,16,20-21H,5-12,15,26-27H2,1-4H3,(H,33,34);2-6H2,1H3;1H,(H2,2,3)/b18-13-;;. The van der Waals surface area contributed by atoms with Gasteiger partial charge in [0.25, 0.3) is 0 Å². The number of esters is 1. The zero-order chi connectivity index (χ0) is 35.8. The van der Waals surface area contributed by atoms with Crippen LogP contribution in [0.4, 0.5) is 0 Å². The average Bonchev–Trinajstić information content (AvgIpc) is 3.50. The number of likely N-dealkylation sites (tertiary alicyclic amines) is 1. The SMILES string of the molecule is CCCCC(=O)N(CCCC/C(N)=C/N(N)CSI)C(CC(OC(C)=O)c1nc(C(=O)O)cs1)C(C)C.CN1CCCCC1.NC=O. The average molecular weight is 814 g/mol. The number of aromatic nitrogens is 1. The van der Waals surface area contributed by atoms with Crippen LogP contribution in [0.5, 0.6) is 0 Å². The molecule has 270 valence electrons. The molecule has 13 nitrogen and oxygen atoms in total. The number of carbonyl (C=O) groups excluding carboxylic acids is 3. The zero-order valence-corrected chi connectivity index (χ0v) is 32.4. The second kappa shape index (κ2) is 26.8. The number of nitrogens with zero attached hydrogens (tertiary/aromatic N) is 4. The number of hydrogen-bond donors (Lipinski definition) is 4. The van der Waals surface area contributed by atoms with Gasteiger partial charge in [-0.25, -0.2) is 15.6 Å². The van der Waals surface area contributed by atoms with Crippen molar-refractivity contribution in [3.63, 3.8) is 0 Å². The van der Waals surface area contributed by atoms with Crippen molar-refractivity contribution in [1.29, 1.82) is 0 Å². The molecule has 1 aliphatic heterocycles. The summed E-state index contributed by atoms with van der Waals surface area (Å²) in [6.07, 6.45) is 10.2. The molecule has 1 aromatic rings. The van der Waals surface area contributed by atoms with E-state index in [1.807, 2.05) is 25.7 Å². The van der Waals surface area contributed by atoms with Crippen LogP contribution in [0.3, 0.4) is 0 Å². The van der Waals surface area contributed by atoms with Crippen molar-refractivity contribution in [3.05, 3.63) is 28.0 Å². The topological polar surface area (TPSA) is 198 Å². The lowest BCUT2D eigenvalue weighted by molar-refractivity contribution is -0.148. The minimum atomic E-state index is -1.14. The van der Waals surface area contributed by atoms with Crippen molar-refractivity contribution in [3.8, 4) is 0 Å². The normalized spacial score (nSPS) is 14.5. The van der Waals surface area contributed by atoms with E-state index in [4.69, 9.17) is 21.1 Å². The van der Waals surface area contributed by atoms with Crippen LogP contribution in [-0.2, 0) is 19.1 Å². The van der Waals surface area contributed by atoms with Crippen molar-refractivity contribution in [2.45, 2.75) is 104 Å². The molecule has 0 spiro atoms. The number of carboxylic acid groups (broad SMARTS) is 1. The van der Waals surface area contributed by atoms with Crippen LogP contribution in [0.1, 0.15) is 114 Å². The number of hydrazine groups is 1. The molecule has 2 amide bonds. The largest absolute Gasteiger partial charge is 0.476 e. The third-order valence-corrected chi connectivity index (χ3v) is 9.41. The molecule has 0 aromatic carbocycles. The summed E-state index contributed by atoms with van der Waals surface area (Å²) in [5, 5.41) is 12.7. The number of carbonyl (C=O) groups is 4. The Kier molecular flexibility index (Phi) is 25.5. The lowest BCUT2D eigenvalue weighted by Gasteiger charge is -2.36. The number of piperidine rings is 1. The van der Waals surface area contributed by atoms with Gasteiger partial charge in [0.15, 0.2) is 11.8 Å². The number of unbranched alkanes of at least 4 members (excludes halogenated alkanes) is 2. The summed E-state index contributed by atoms with van der Waals surface area (Å²) in [5.74, 6) is 5.01. The van der Waals surface area contributed by atoms with Gasteiger partial charge in [-0.2, -0.15) is 0 Å². The van der Waals surface area contributed by atoms with Gasteiger partial charge in [-0.3, -0.25) is 14.4 Å². The van der Waals surface area contributed by atoms with Crippen molar-refractivity contribution in [1.82, 2.24) is 19.8 Å². The molecule has 16 heteroatoms. The van der Waals surface area contributed by atoms with Gasteiger partial charge in [0, 0.05) is 49.6 Å². The quantitative estimate of drug-likeness (QED) is 0.0286. The van der Waals surface area contributed by atoms with Gasteiger partial charge in [0.05, 0.1) is 5.88 Å². The van der Waals surface area contributed by atoms with Gasteiger partial charge >= 0.3 is 11.9 Å². The van der Waals surface area contributed by atoms with Crippen molar-refractivity contribution >= 4 is 65.7 Å². The van der Waals surface area contributed by atoms with E-state index < -0.39 is 18.0 Å². The number of halogens is 1. The van der Waals surface area contributed by atoms with Gasteiger partial charge in [0.1, 0.15) is 5.01 Å². The minimum Gasteiger partial charge on any atom is -0.476 e. The predicted molar refractivity (Wildman–Crippen MR) is 198 cm³/mol. The monoisotopic (exact) mass is 813 g/mol. The molecule has 0 saturated carbocycles. The molecule has 0 radical (unpaired) electrons. The van der Waals surface area contributed by atoms with Crippen LogP contribution < -0.4 is 17.3 Å². The number of hydrogen-bond acceptors (Lipinski definition) is 12. The number of primary amides is 1. The molecule has 1 aromatic heterocycles. The van der Waals surface area contributed by atoms with Crippen molar-refractivity contribution < 1.29 is 29.0 Å². The highest BCUT2D eigenvalue weighted by molar-refractivity contribution is 14.2. The van der Waals surface area contributed by atoms with Crippen LogP contribution in [0.25, 0.3) is 0 Å². The number of carboxylic acids is 1. The van der Waals surface area contributed by atoms with E-state index in [0.717, 1.165) is 37.0 Å². The Labute approximate surface area is 300 Å². The van der Waals surface area contributed by atoms with E-state index in [-0.39, 0.29) is 30.0 Å². The summed E-state index contributed by atoms with van der Waals surface area (Å²) >= 11 is 3.31. The molecule has 1 aliphatic rings. The molecule has 47 heavy (non-hydrogen) atoms. The summed E-state index contributed by atoms with van der Waals surface area (Å²) in [5.41, 5.74) is 10.9. The first kappa shape index (κ1) is 44.9. The molecule has 0 aliphatic carbocycles. The fraction of sp³-hybridized carbons (Fsp3) is 0.710. The summed E-state index contributed by atoms with van der Waals surface area (Å²) < 4.78 is 5.57. The predicted octanol–water partition coefficient (Wildman–Crippen LogP) is 5.27. The second-order valence-electron chi connectivity index (χ2n) is 11.6. The Hall–Kier alpha value is -2.15. The molecule has 2 unspecified atom stereocenters. The van der Waals surface area contributed by atoms with E-state index in [0.29, 0.717) is 42.4 Å². The van der Waals surface area contributed by atoms with Crippen LogP contribution in [-0.4, -0.2) is 87.8 Å². The maximum absolute atomic E-state index is 13.3. The maximum Gasteiger partial charge on any atom is 0.355 e. The fourth-order valence-electron chi connectivity index (χ4n) is 4.89. The maximum atomic E-state index is 13.3. The molecular weight excluding hydrogens is 757 g/mol. The Balaban J connectivity index is 0.00000180. The van der Waals surface area contributed by atoms with E-state index in [1.165, 1.54) is 44.7 Å². The van der Waals surface area contributed by atoms with Crippen LogP contribution in [0, 0.1) is 5.92 Å². The highest BCUT2D eigenvalue weighted by Gasteiger charge is 2.32. The number of thiazole rings is 1. The fourth-order valence-corrected chi connectivity index (χ4v) is 6.88. The third kappa shape index (κ3) is 20.7. The number of allylic oxidation sites excluding steroid dienone is 1. The van der Waals surface area contributed by atoms with Gasteiger partial charge < -0.3 is 36.1 Å². The number of amides is 2. The van der Waals surface area contributed by atoms with Crippen LogP contribution in [0.15, 0.2) is 17.3 Å². The van der Waals surface area contributed by atoms with Gasteiger partial charge in [-0.05, 0) is 85.8 Å². The summed E-state index contributed by atoms with van der Waals surface area (Å²) in [4.78, 5) is 53.5. The zero-order valence-electron chi connectivity index (χ0n) is 28.6. The molecule has 2 heterocycles. The first-order valence-electron chi connectivity index (χ1n) is 16.0. The van der Waals surface area contributed by atoms with E-state index >= 15 is 0 Å². The molecule has 1 saturated heterocycles. The van der Waals surface area contributed by atoms with Gasteiger partial charge in [-0.1, -0.05) is 42.5 Å². The first-order chi connectivity index (χ1) is 22.3. The van der Waals surface area contributed by atoms with Crippen LogP contribution >= 0.6 is 41.5 Å². The summed E-state index contributed by atoms with van der Waals surface area (Å²) in [6.45, 7) is 10.6. The first-order valence-corrected chi connectivity index (χ1v) is 20.4. The molecule has 1 fully saturated rings. The second-order valence-corrected chi connectivity index (χ2v) is 14.9. The summed E-state index contributed by atoms with van der Waals surface area (Å²) in [7, 11) is 3.76. The summed E-state index contributed by atoms with van der Waals surface area (Å²) in [6, 6.07) is -0.223. The van der Waals surface area contributed by atoms with Gasteiger partial charge in [-0.15, -0.1) is 11.3 Å². The molecular formula is C31H56IN7O6S2. The molecule has 7 N–H and O–H groups in total. The Morgan fingerprint density at radius 2 is 1.83 bits per heavy atom. The Morgan fingerprint density at radius 3 is 2.30 bits per heavy atom. The lowest BCUT2D eigenvalue weighted by atomic mass is 9.95. The Morgan fingerprint density at radius 1 is 1.19 bits per heavy atom. The number of ether oxygens (including phenoxy) is 1. The number of nitrogens with two attached hydrogens (primary N) is 3. The van der Waals surface area contributed by atoms with E-state index in [2.05, 4.69) is 43.9 Å². The lowest BCUT2D eigenvalue weighted by Crippen LogP contribution is -2.45. The smallest absolute Gasteiger partial charge is 0.355 e. The highest BCUT2D eigenvalue weighted by atomic mass is 127. The van der Waals surface area contributed by atoms with Crippen molar-refractivity contribution in [2.75, 3.05) is 32.6 Å². The Bertz CT molecular complexity index is 1070. The van der Waals surface area contributed by atoms with Crippen molar-refractivity contribution in [2.24, 2.45) is 23.2 Å². The number of aromatic carboxylic acids is 1. The molecule has 0 bridgehead atoms. The van der Waals surface area contributed by atoms with Gasteiger partial charge in [0.2, 0.25) is 12.3 Å². The van der Waals surface area contributed by atoms with E-state index in [9.17, 15) is 19.5 Å². The molecule has 2 atom stereocenters. The number of rotatable bonds is 18. The van der Waals surface area contributed by atoms with E-state index in [1.54, 1.807) is 20.1 Å². The minimum absolute atomic E-state index is 0.0585. The highest BCUT2D eigenvalue weighted by Crippen LogP contribution is 2.31. The third-order valence-electron chi connectivity index (χ3n) is 7.24. The molecule has 2 rings (SSSR count). The van der Waals surface area contributed by atoms with Crippen LogP contribution in [0.2, 0.25) is 0 Å².